The first-order valence-corrected chi connectivity index (χ1v) is 10.00. The zero-order chi connectivity index (χ0) is 18.0. The van der Waals surface area contributed by atoms with Gasteiger partial charge in [0, 0.05) is 38.8 Å². The highest BCUT2D eigenvalue weighted by atomic mass is 127. The quantitative estimate of drug-likeness (QED) is 0.519. The number of hydrogen-bond acceptors (Lipinski definition) is 3. The van der Waals surface area contributed by atoms with Gasteiger partial charge in [0.15, 0.2) is 0 Å². The summed E-state index contributed by atoms with van der Waals surface area (Å²) in [5, 5.41) is 4.61. The Hall–Kier alpha value is -1.38. The van der Waals surface area contributed by atoms with Gasteiger partial charge in [0.1, 0.15) is 0 Å². The number of likely N-dealkylation sites (tertiary alicyclic amines) is 2. The first-order chi connectivity index (χ1) is 12.0. The molecule has 2 amide bonds. The van der Waals surface area contributed by atoms with Gasteiger partial charge in [0.2, 0.25) is 11.8 Å². The minimum atomic E-state index is -0.0372. The molecule has 2 fully saturated rings. The number of nitrogens with zero attached hydrogens (tertiary/aromatic N) is 4. The van der Waals surface area contributed by atoms with Gasteiger partial charge < -0.3 is 9.80 Å². The van der Waals surface area contributed by atoms with Gasteiger partial charge >= 0.3 is 0 Å². The average molecular weight is 456 g/mol. The number of piperidine rings is 2. The molecule has 6 nitrogen and oxygen atoms in total. The van der Waals surface area contributed by atoms with Gasteiger partial charge in [-0.15, -0.1) is 0 Å². The van der Waals surface area contributed by atoms with E-state index in [-0.39, 0.29) is 23.8 Å². The molecule has 3 heterocycles. The summed E-state index contributed by atoms with van der Waals surface area (Å²) in [6, 6.07) is 0.0854. The van der Waals surface area contributed by atoms with Crippen molar-refractivity contribution in [2.45, 2.75) is 38.1 Å². The van der Waals surface area contributed by atoms with Crippen molar-refractivity contribution < 1.29 is 9.59 Å². The molecule has 25 heavy (non-hydrogen) atoms. The van der Waals surface area contributed by atoms with Crippen LogP contribution in [0.25, 0.3) is 0 Å². The standard InChI is InChI=1S/C18H25IN4O2/c1-3-16(24)22-10-7-13(8-11-22)18(25)23-9-5-4-6-15(23)17-14(19)12-21(2)20-17/h3,12-13,15H,1,4-11H2,2H3. The van der Waals surface area contributed by atoms with Gasteiger partial charge in [-0.3, -0.25) is 14.3 Å². The minimum absolute atomic E-state index is 0.0100. The van der Waals surface area contributed by atoms with Gasteiger partial charge in [0.05, 0.1) is 15.3 Å². The van der Waals surface area contributed by atoms with Crippen molar-refractivity contribution in [3.05, 3.63) is 28.1 Å². The average Bonchev–Trinajstić information content (AvgIpc) is 2.98. The largest absolute Gasteiger partial charge is 0.339 e. The second-order valence-electron chi connectivity index (χ2n) is 6.88. The Morgan fingerprint density at radius 3 is 2.56 bits per heavy atom. The van der Waals surface area contributed by atoms with Crippen LogP contribution >= 0.6 is 22.6 Å². The molecule has 7 heteroatoms. The fourth-order valence-electron chi connectivity index (χ4n) is 3.89. The molecule has 1 atom stereocenters. The Bertz CT molecular complexity index is 664. The Labute approximate surface area is 162 Å². The first-order valence-electron chi connectivity index (χ1n) is 8.92. The lowest BCUT2D eigenvalue weighted by molar-refractivity contribution is -0.143. The normalized spacial score (nSPS) is 22.1. The van der Waals surface area contributed by atoms with Crippen LogP contribution in [0.5, 0.6) is 0 Å². The van der Waals surface area contributed by atoms with E-state index in [1.165, 1.54) is 6.08 Å². The number of aromatic nitrogens is 2. The molecule has 2 aliphatic rings. The van der Waals surface area contributed by atoms with E-state index in [4.69, 9.17) is 0 Å². The first kappa shape index (κ1) is 18.4. The SMILES string of the molecule is C=CC(=O)N1CCC(C(=O)N2CCCCC2c2nn(C)cc2I)CC1. The summed E-state index contributed by atoms with van der Waals surface area (Å²) in [5.41, 5.74) is 1.02. The maximum Gasteiger partial charge on any atom is 0.245 e. The van der Waals surface area contributed by atoms with Crippen molar-refractivity contribution in [2.24, 2.45) is 13.0 Å². The molecule has 1 unspecified atom stereocenters. The number of carbonyl (C=O) groups is 2. The molecule has 0 saturated carbocycles. The molecule has 0 radical (unpaired) electrons. The van der Waals surface area contributed by atoms with Crippen LogP contribution in [0.1, 0.15) is 43.8 Å². The van der Waals surface area contributed by atoms with Crippen LogP contribution in [0.15, 0.2) is 18.9 Å². The minimum Gasteiger partial charge on any atom is -0.339 e. The zero-order valence-electron chi connectivity index (χ0n) is 14.7. The van der Waals surface area contributed by atoms with Gasteiger partial charge in [0.25, 0.3) is 0 Å². The third kappa shape index (κ3) is 3.91. The Morgan fingerprint density at radius 2 is 1.96 bits per heavy atom. The zero-order valence-corrected chi connectivity index (χ0v) is 16.8. The Balaban J connectivity index is 1.70. The van der Waals surface area contributed by atoms with Gasteiger partial charge in [-0.1, -0.05) is 6.58 Å². The molecular formula is C18H25IN4O2. The van der Waals surface area contributed by atoms with Crippen molar-refractivity contribution in [3.63, 3.8) is 0 Å². The molecule has 136 valence electrons. The number of rotatable bonds is 3. The van der Waals surface area contributed by atoms with Gasteiger partial charge in [-0.2, -0.15) is 5.10 Å². The van der Waals surface area contributed by atoms with Gasteiger partial charge in [-0.25, -0.2) is 0 Å². The fraction of sp³-hybridized carbons (Fsp3) is 0.611. The lowest BCUT2D eigenvalue weighted by atomic mass is 9.91. The van der Waals surface area contributed by atoms with E-state index >= 15 is 0 Å². The molecule has 0 aliphatic carbocycles. The number of halogens is 1. The van der Waals surface area contributed by atoms with Crippen molar-refractivity contribution in [1.82, 2.24) is 19.6 Å². The van der Waals surface area contributed by atoms with E-state index in [1.54, 1.807) is 4.90 Å². The van der Waals surface area contributed by atoms with Crippen LogP contribution in [-0.2, 0) is 16.6 Å². The van der Waals surface area contributed by atoms with Crippen LogP contribution in [0.2, 0.25) is 0 Å². The molecule has 2 aliphatic heterocycles. The molecule has 1 aromatic rings. The summed E-state index contributed by atoms with van der Waals surface area (Å²) in [4.78, 5) is 28.7. The van der Waals surface area contributed by atoms with E-state index in [2.05, 4.69) is 34.3 Å². The second kappa shape index (κ2) is 7.88. The molecule has 0 spiro atoms. The molecular weight excluding hydrogens is 431 g/mol. The Kier molecular flexibility index (Phi) is 5.81. The summed E-state index contributed by atoms with van der Waals surface area (Å²) in [6.07, 6.45) is 8.00. The highest BCUT2D eigenvalue weighted by Gasteiger charge is 2.36. The summed E-state index contributed by atoms with van der Waals surface area (Å²) in [5.74, 6) is 0.206. The van der Waals surface area contributed by atoms with E-state index in [0.717, 1.165) is 47.9 Å². The summed E-state index contributed by atoms with van der Waals surface area (Å²) >= 11 is 2.31. The molecule has 3 rings (SSSR count). The van der Waals surface area contributed by atoms with Crippen molar-refractivity contribution >= 4 is 34.4 Å². The number of hydrogen-bond donors (Lipinski definition) is 0. The van der Waals surface area contributed by atoms with Gasteiger partial charge in [-0.05, 0) is 60.8 Å². The molecule has 0 bridgehead atoms. The number of carbonyl (C=O) groups excluding carboxylic acids is 2. The maximum atomic E-state index is 13.2. The van der Waals surface area contributed by atoms with E-state index < -0.39 is 0 Å². The van der Waals surface area contributed by atoms with Crippen molar-refractivity contribution in [3.8, 4) is 0 Å². The van der Waals surface area contributed by atoms with Crippen LogP contribution in [0.4, 0.5) is 0 Å². The summed E-state index contributed by atoms with van der Waals surface area (Å²) < 4.78 is 2.95. The molecule has 2 saturated heterocycles. The number of amides is 2. The maximum absolute atomic E-state index is 13.2. The monoisotopic (exact) mass is 456 g/mol. The molecule has 1 aromatic heterocycles. The van der Waals surface area contributed by atoms with Crippen LogP contribution in [0.3, 0.4) is 0 Å². The summed E-state index contributed by atoms with van der Waals surface area (Å²) in [7, 11) is 1.92. The van der Waals surface area contributed by atoms with Crippen molar-refractivity contribution in [2.75, 3.05) is 19.6 Å². The lowest BCUT2D eigenvalue weighted by Crippen LogP contribution is -2.46. The Morgan fingerprint density at radius 1 is 1.24 bits per heavy atom. The molecule has 0 N–H and O–H groups in total. The smallest absolute Gasteiger partial charge is 0.245 e. The third-order valence-electron chi connectivity index (χ3n) is 5.24. The van der Waals surface area contributed by atoms with E-state index in [0.29, 0.717) is 13.1 Å². The van der Waals surface area contributed by atoms with Crippen molar-refractivity contribution in [1.29, 1.82) is 0 Å². The highest BCUT2D eigenvalue weighted by molar-refractivity contribution is 14.1. The topological polar surface area (TPSA) is 58.4 Å². The van der Waals surface area contributed by atoms with Crippen LogP contribution in [-0.4, -0.2) is 51.0 Å². The van der Waals surface area contributed by atoms with E-state index in [9.17, 15) is 9.59 Å². The number of aryl methyl sites for hydroxylation is 1. The third-order valence-corrected chi connectivity index (χ3v) is 6.07. The fourth-order valence-corrected chi connectivity index (χ4v) is 4.76. The predicted molar refractivity (Wildman–Crippen MR) is 104 cm³/mol. The molecule has 0 aromatic carbocycles. The second-order valence-corrected chi connectivity index (χ2v) is 8.05. The van der Waals surface area contributed by atoms with E-state index in [1.807, 2.05) is 22.8 Å². The lowest BCUT2D eigenvalue weighted by Gasteiger charge is -2.39. The van der Waals surface area contributed by atoms with Crippen LogP contribution in [0, 0.1) is 9.49 Å². The highest BCUT2D eigenvalue weighted by Crippen LogP contribution is 2.34. The van der Waals surface area contributed by atoms with Crippen LogP contribution < -0.4 is 0 Å². The summed E-state index contributed by atoms with van der Waals surface area (Å²) in [6.45, 7) is 5.63. The predicted octanol–water partition coefficient (Wildman–Crippen LogP) is 2.50.